The summed E-state index contributed by atoms with van der Waals surface area (Å²) in [5.74, 6) is -0.281. The summed E-state index contributed by atoms with van der Waals surface area (Å²) in [5.41, 5.74) is 7.89. The molecule has 1 saturated carbocycles. The van der Waals surface area contributed by atoms with Crippen molar-refractivity contribution in [3.05, 3.63) is 29.8 Å². The first-order chi connectivity index (χ1) is 12.8. The Balaban J connectivity index is 1.87. The van der Waals surface area contributed by atoms with Gasteiger partial charge < -0.3 is 15.9 Å². The van der Waals surface area contributed by atoms with Crippen LogP contribution in [0.15, 0.2) is 24.3 Å². The number of halogens is 3. The highest BCUT2D eigenvalue weighted by atomic mass is 19.4. The topological polar surface area (TPSA) is 62.3 Å². The van der Waals surface area contributed by atoms with E-state index in [9.17, 15) is 13.2 Å². The van der Waals surface area contributed by atoms with Crippen LogP contribution in [0, 0.1) is 5.41 Å². The Morgan fingerprint density at radius 3 is 2.59 bits per heavy atom. The maximum absolute atomic E-state index is 12.6. The Morgan fingerprint density at radius 2 is 1.93 bits per heavy atom. The molecule has 1 heterocycles. The van der Waals surface area contributed by atoms with Crippen LogP contribution >= 0.6 is 0 Å². The van der Waals surface area contributed by atoms with Gasteiger partial charge in [-0.25, -0.2) is 0 Å². The van der Waals surface area contributed by atoms with Crippen LogP contribution in [0.25, 0.3) is 0 Å². The van der Waals surface area contributed by atoms with Crippen LogP contribution < -0.4 is 10.5 Å². The number of nitrogens with zero attached hydrogens (tertiary/aromatic N) is 1. The Hall–Kier alpha value is -1.60. The third kappa shape index (κ3) is 5.45. The average molecular weight is 383 g/mol. The fourth-order valence-electron chi connectivity index (χ4n) is 4.46. The zero-order valence-corrected chi connectivity index (χ0v) is 15.5. The summed E-state index contributed by atoms with van der Waals surface area (Å²) in [5, 5.41) is 7.98. The molecule has 0 amide bonds. The number of rotatable bonds is 5. The third-order valence-corrected chi connectivity index (χ3v) is 5.78. The number of nitrogens with two attached hydrogens (primary N) is 1. The SMILES string of the molecule is N=C1CCCN(CC(c2cccc(OC(F)(F)F)c2)C2(N)CCCCC2)C1. The number of likely N-dealkylation sites (tertiary alicyclic amines) is 1. The first-order valence-electron chi connectivity index (χ1n) is 9.68. The lowest BCUT2D eigenvalue weighted by atomic mass is 9.70. The van der Waals surface area contributed by atoms with Crippen molar-refractivity contribution in [1.29, 1.82) is 5.41 Å². The molecule has 1 atom stereocenters. The maximum atomic E-state index is 12.6. The molecular weight excluding hydrogens is 355 g/mol. The van der Waals surface area contributed by atoms with E-state index in [1.807, 2.05) is 6.07 Å². The molecule has 2 aliphatic rings. The first kappa shape index (κ1) is 20.1. The average Bonchev–Trinajstić information content (AvgIpc) is 2.59. The van der Waals surface area contributed by atoms with Crippen LogP contribution in [0.1, 0.15) is 56.4 Å². The lowest BCUT2D eigenvalue weighted by Crippen LogP contribution is -2.52. The van der Waals surface area contributed by atoms with Gasteiger partial charge in [-0.1, -0.05) is 31.4 Å². The minimum atomic E-state index is -4.71. The minimum absolute atomic E-state index is 0.0829. The summed E-state index contributed by atoms with van der Waals surface area (Å²) >= 11 is 0. The number of nitrogens with one attached hydrogen (secondary N) is 1. The molecule has 0 aromatic heterocycles. The fraction of sp³-hybridized carbons (Fsp3) is 0.650. The van der Waals surface area contributed by atoms with Gasteiger partial charge in [0.15, 0.2) is 0 Å². The highest BCUT2D eigenvalue weighted by Gasteiger charge is 2.39. The zero-order chi connectivity index (χ0) is 19.5. The number of ether oxygens (including phenoxy) is 1. The van der Waals surface area contributed by atoms with Crippen LogP contribution in [0.2, 0.25) is 0 Å². The van der Waals surface area contributed by atoms with Crippen LogP contribution in [-0.2, 0) is 0 Å². The molecular formula is C20H28F3N3O. The highest BCUT2D eigenvalue weighted by molar-refractivity contribution is 5.83. The summed E-state index contributed by atoms with van der Waals surface area (Å²) in [6.07, 6.45) is 2.03. The van der Waals surface area contributed by atoms with E-state index in [2.05, 4.69) is 9.64 Å². The van der Waals surface area contributed by atoms with Crippen molar-refractivity contribution in [2.24, 2.45) is 5.73 Å². The van der Waals surface area contributed by atoms with E-state index in [0.717, 1.165) is 57.1 Å². The smallest absolute Gasteiger partial charge is 0.406 e. The second-order valence-electron chi connectivity index (χ2n) is 7.91. The number of hydrogen-bond acceptors (Lipinski definition) is 4. The molecule has 1 aromatic rings. The summed E-state index contributed by atoms with van der Waals surface area (Å²) in [6.45, 7) is 2.17. The van der Waals surface area contributed by atoms with Gasteiger partial charge in [0, 0.05) is 30.3 Å². The van der Waals surface area contributed by atoms with Gasteiger partial charge in [0.1, 0.15) is 5.75 Å². The molecule has 1 unspecified atom stereocenters. The van der Waals surface area contributed by atoms with Crippen molar-refractivity contribution in [1.82, 2.24) is 4.90 Å². The fourth-order valence-corrected chi connectivity index (χ4v) is 4.46. The van der Waals surface area contributed by atoms with E-state index < -0.39 is 11.9 Å². The van der Waals surface area contributed by atoms with Gasteiger partial charge in [-0.3, -0.25) is 4.90 Å². The summed E-state index contributed by atoms with van der Waals surface area (Å²) in [6, 6.07) is 6.27. The third-order valence-electron chi connectivity index (χ3n) is 5.78. The normalized spacial score (nSPS) is 22.4. The largest absolute Gasteiger partial charge is 0.573 e. The van der Waals surface area contributed by atoms with E-state index >= 15 is 0 Å². The maximum Gasteiger partial charge on any atom is 0.573 e. The van der Waals surface area contributed by atoms with Crippen molar-refractivity contribution < 1.29 is 17.9 Å². The Kier molecular flexibility index (Phi) is 6.11. The molecule has 2 fully saturated rings. The molecule has 0 bridgehead atoms. The van der Waals surface area contributed by atoms with Gasteiger partial charge in [0.2, 0.25) is 0 Å². The molecule has 1 aromatic carbocycles. The molecule has 3 N–H and O–H groups in total. The molecule has 1 aliphatic heterocycles. The summed E-state index contributed by atoms with van der Waals surface area (Å²) < 4.78 is 42.1. The highest BCUT2D eigenvalue weighted by Crippen LogP contribution is 2.40. The summed E-state index contributed by atoms with van der Waals surface area (Å²) in [4.78, 5) is 2.22. The minimum Gasteiger partial charge on any atom is -0.406 e. The Bertz CT molecular complexity index is 656. The molecule has 1 saturated heterocycles. The van der Waals surface area contributed by atoms with Crippen molar-refractivity contribution >= 4 is 5.71 Å². The van der Waals surface area contributed by atoms with Gasteiger partial charge in [-0.15, -0.1) is 13.2 Å². The quantitative estimate of drug-likeness (QED) is 0.790. The predicted molar refractivity (Wildman–Crippen MR) is 99.3 cm³/mol. The second-order valence-corrected chi connectivity index (χ2v) is 7.91. The Morgan fingerprint density at radius 1 is 1.19 bits per heavy atom. The van der Waals surface area contributed by atoms with Crippen molar-refractivity contribution in [3.8, 4) is 5.75 Å². The second kappa shape index (κ2) is 8.19. The van der Waals surface area contributed by atoms with Gasteiger partial charge in [0.25, 0.3) is 0 Å². The van der Waals surface area contributed by atoms with Crippen molar-refractivity contribution in [2.75, 3.05) is 19.6 Å². The molecule has 27 heavy (non-hydrogen) atoms. The van der Waals surface area contributed by atoms with Crippen molar-refractivity contribution in [3.63, 3.8) is 0 Å². The number of piperidine rings is 1. The molecule has 0 radical (unpaired) electrons. The lowest BCUT2D eigenvalue weighted by Gasteiger charge is -2.43. The lowest BCUT2D eigenvalue weighted by molar-refractivity contribution is -0.274. The zero-order valence-electron chi connectivity index (χ0n) is 15.5. The number of alkyl halides is 3. The van der Waals surface area contributed by atoms with E-state index in [1.54, 1.807) is 6.07 Å². The van der Waals surface area contributed by atoms with E-state index in [4.69, 9.17) is 11.1 Å². The van der Waals surface area contributed by atoms with Gasteiger partial charge in [-0.05, 0) is 49.9 Å². The van der Waals surface area contributed by atoms with E-state index in [1.165, 1.54) is 12.1 Å². The molecule has 1 aliphatic carbocycles. The predicted octanol–water partition coefficient (Wildman–Crippen LogP) is 4.45. The molecule has 3 rings (SSSR count). The van der Waals surface area contributed by atoms with Crippen LogP contribution in [0.4, 0.5) is 13.2 Å². The monoisotopic (exact) mass is 383 g/mol. The van der Waals surface area contributed by atoms with Crippen LogP contribution in [0.3, 0.4) is 0 Å². The van der Waals surface area contributed by atoms with Crippen LogP contribution in [0.5, 0.6) is 5.75 Å². The number of benzene rings is 1. The van der Waals surface area contributed by atoms with E-state index in [0.29, 0.717) is 18.8 Å². The molecule has 4 nitrogen and oxygen atoms in total. The molecule has 0 spiro atoms. The number of hydrogen-bond donors (Lipinski definition) is 2. The molecule has 150 valence electrons. The van der Waals surface area contributed by atoms with Gasteiger partial charge in [-0.2, -0.15) is 0 Å². The molecule has 7 heteroatoms. The van der Waals surface area contributed by atoms with E-state index in [-0.39, 0.29) is 11.7 Å². The van der Waals surface area contributed by atoms with Gasteiger partial charge in [0.05, 0.1) is 0 Å². The first-order valence-corrected chi connectivity index (χ1v) is 9.68. The Labute approximate surface area is 158 Å². The van der Waals surface area contributed by atoms with Crippen LogP contribution in [-0.4, -0.2) is 42.1 Å². The summed E-state index contributed by atoms with van der Waals surface area (Å²) in [7, 11) is 0. The van der Waals surface area contributed by atoms with Crippen molar-refractivity contribution in [2.45, 2.75) is 62.8 Å². The standard InChI is InChI=1S/C20H28F3N3O/c21-20(22,23)27-17-8-4-6-15(12-17)18(19(25)9-2-1-3-10-19)14-26-11-5-7-16(24)13-26/h4,6,8,12,18,24H,1-3,5,7,9-11,13-14,25H2. The van der Waals surface area contributed by atoms with Gasteiger partial charge >= 0.3 is 6.36 Å².